The summed E-state index contributed by atoms with van der Waals surface area (Å²) in [5.74, 6) is -0.416. The van der Waals surface area contributed by atoms with Crippen LogP contribution in [0.4, 0.5) is 0 Å². The van der Waals surface area contributed by atoms with Crippen LogP contribution in [0.15, 0.2) is 0 Å². The maximum atomic E-state index is 11.4. The number of nitrogens with one attached hydrogen (secondary N) is 2. The van der Waals surface area contributed by atoms with Gasteiger partial charge in [0.2, 0.25) is 5.91 Å². The van der Waals surface area contributed by atoms with Gasteiger partial charge in [-0.1, -0.05) is 26.7 Å². The second kappa shape index (κ2) is 8.98. The molecule has 0 aliphatic rings. The second-order valence-corrected chi connectivity index (χ2v) is 4.79. The van der Waals surface area contributed by atoms with Gasteiger partial charge in [-0.05, 0) is 19.3 Å². The molecule has 0 rings (SSSR count). The Kier molecular flexibility index (Phi) is 8.40. The molecule has 0 aliphatic carbocycles. The zero-order chi connectivity index (χ0) is 13.3. The fourth-order valence-corrected chi connectivity index (χ4v) is 1.51. The van der Waals surface area contributed by atoms with Gasteiger partial charge in [0, 0.05) is 6.04 Å². The maximum Gasteiger partial charge on any atom is 0.317 e. The van der Waals surface area contributed by atoms with Crippen molar-refractivity contribution in [3.63, 3.8) is 0 Å². The smallest absolute Gasteiger partial charge is 0.317 e. The molecule has 0 saturated carbocycles. The molecule has 0 bridgehead atoms. The molecule has 0 spiro atoms. The van der Waals surface area contributed by atoms with Gasteiger partial charge in [-0.25, -0.2) is 0 Å². The lowest BCUT2D eigenvalue weighted by Crippen LogP contribution is -2.40. The third-order valence-corrected chi connectivity index (χ3v) is 2.39. The van der Waals surface area contributed by atoms with Crippen LogP contribution in [-0.4, -0.2) is 36.1 Å². The average Bonchev–Trinajstić information content (AvgIpc) is 2.15. The quantitative estimate of drug-likeness (QED) is 0.565. The number of hydrogen-bond acceptors (Lipinski definition) is 3. The second-order valence-electron chi connectivity index (χ2n) is 4.79. The summed E-state index contributed by atoms with van der Waals surface area (Å²) in [7, 11) is 0. The first-order chi connectivity index (χ1) is 7.91. The molecule has 0 aromatic rings. The molecule has 1 unspecified atom stereocenters. The van der Waals surface area contributed by atoms with Crippen LogP contribution >= 0.6 is 0 Å². The Morgan fingerprint density at radius 3 is 2.29 bits per heavy atom. The average molecular weight is 244 g/mol. The minimum Gasteiger partial charge on any atom is -0.480 e. The summed E-state index contributed by atoms with van der Waals surface area (Å²) in [5.41, 5.74) is 0. The monoisotopic (exact) mass is 244 g/mol. The van der Waals surface area contributed by atoms with Crippen molar-refractivity contribution in [3.05, 3.63) is 0 Å². The molecule has 3 N–H and O–H groups in total. The number of hydrogen-bond donors (Lipinski definition) is 3. The van der Waals surface area contributed by atoms with Crippen LogP contribution in [0.25, 0.3) is 0 Å². The van der Waals surface area contributed by atoms with Crippen LogP contribution < -0.4 is 10.6 Å². The molecule has 0 fully saturated rings. The summed E-state index contributed by atoms with van der Waals surface area (Å²) < 4.78 is 0. The van der Waals surface area contributed by atoms with Crippen LogP contribution in [0.3, 0.4) is 0 Å². The van der Waals surface area contributed by atoms with Crippen LogP contribution in [0.5, 0.6) is 0 Å². The minimum atomic E-state index is -0.956. The fourth-order valence-electron chi connectivity index (χ4n) is 1.51. The van der Waals surface area contributed by atoms with Gasteiger partial charge in [-0.2, -0.15) is 0 Å². The number of amides is 1. The van der Waals surface area contributed by atoms with Crippen LogP contribution in [-0.2, 0) is 9.59 Å². The third kappa shape index (κ3) is 11.2. The van der Waals surface area contributed by atoms with Crippen molar-refractivity contribution in [2.75, 3.05) is 13.1 Å². The molecule has 0 aliphatic heterocycles. The van der Waals surface area contributed by atoms with E-state index < -0.39 is 5.97 Å². The van der Waals surface area contributed by atoms with Crippen molar-refractivity contribution in [2.24, 2.45) is 5.92 Å². The van der Waals surface area contributed by atoms with Crippen LogP contribution in [0.1, 0.15) is 40.0 Å². The first-order valence-corrected chi connectivity index (χ1v) is 6.13. The summed E-state index contributed by atoms with van der Waals surface area (Å²) in [4.78, 5) is 21.6. The highest BCUT2D eigenvalue weighted by atomic mass is 16.4. The number of carboxylic acids is 1. The number of carboxylic acid groups (broad SMARTS) is 1. The molecule has 1 atom stereocenters. The van der Waals surface area contributed by atoms with Crippen molar-refractivity contribution in [2.45, 2.75) is 46.1 Å². The molecule has 5 nitrogen and oxygen atoms in total. The lowest BCUT2D eigenvalue weighted by Gasteiger charge is -2.14. The molecule has 0 aromatic heterocycles. The minimum absolute atomic E-state index is 0.0564. The molecule has 0 aromatic carbocycles. The standard InChI is InChI=1S/C12H24N2O3/c1-9(2)5-4-6-10(3)14-11(15)7-13-8-12(16)17/h9-10,13H,4-8H2,1-3H3,(H,14,15)(H,16,17). The van der Waals surface area contributed by atoms with E-state index in [0.717, 1.165) is 19.3 Å². The molecule has 0 saturated heterocycles. The molecule has 17 heavy (non-hydrogen) atoms. The van der Waals surface area contributed by atoms with E-state index in [9.17, 15) is 9.59 Å². The predicted octanol–water partition coefficient (Wildman–Crippen LogP) is 0.992. The van der Waals surface area contributed by atoms with E-state index in [2.05, 4.69) is 24.5 Å². The van der Waals surface area contributed by atoms with E-state index in [1.807, 2.05) is 6.92 Å². The summed E-state index contributed by atoms with van der Waals surface area (Å²) in [6.07, 6.45) is 3.22. The number of aliphatic carboxylic acids is 1. The van der Waals surface area contributed by atoms with E-state index >= 15 is 0 Å². The molecule has 1 amide bonds. The van der Waals surface area contributed by atoms with Gasteiger partial charge < -0.3 is 10.4 Å². The molecule has 100 valence electrons. The molecule has 0 radical (unpaired) electrons. The van der Waals surface area contributed by atoms with Gasteiger partial charge in [0.25, 0.3) is 0 Å². The van der Waals surface area contributed by atoms with Gasteiger partial charge >= 0.3 is 5.97 Å². The zero-order valence-electron chi connectivity index (χ0n) is 11.0. The Balaban J connectivity index is 3.55. The molecular weight excluding hydrogens is 220 g/mol. The van der Waals surface area contributed by atoms with Gasteiger partial charge in [0.05, 0.1) is 13.1 Å². The van der Waals surface area contributed by atoms with Gasteiger partial charge in [0.15, 0.2) is 0 Å². The van der Waals surface area contributed by atoms with E-state index in [-0.39, 0.29) is 25.0 Å². The summed E-state index contributed by atoms with van der Waals surface area (Å²) >= 11 is 0. The topological polar surface area (TPSA) is 78.4 Å². The van der Waals surface area contributed by atoms with Crippen molar-refractivity contribution in [1.29, 1.82) is 0 Å². The van der Waals surface area contributed by atoms with E-state index in [1.54, 1.807) is 0 Å². The number of carbonyl (C=O) groups excluding carboxylic acids is 1. The molecule has 5 heteroatoms. The first-order valence-electron chi connectivity index (χ1n) is 6.13. The Labute approximate surface area is 103 Å². The van der Waals surface area contributed by atoms with E-state index in [4.69, 9.17) is 5.11 Å². The lowest BCUT2D eigenvalue weighted by molar-refractivity contribution is -0.136. The van der Waals surface area contributed by atoms with Crippen molar-refractivity contribution in [3.8, 4) is 0 Å². The van der Waals surface area contributed by atoms with Crippen LogP contribution in [0, 0.1) is 5.92 Å². The first kappa shape index (κ1) is 15.9. The third-order valence-electron chi connectivity index (χ3n) is 2.39. The largest absolute Gasteiger partial charge is 0.480 e. The van der Waals surface area contributed by atoms with Gasteiger partial charge in [-0.3, -0.25) is 14.9 Å². The highest BCUT2D eigenvalue weighted by molar-refractivity contribution is 5.79. The number of rotatable bonds is 9. The summed E-state index contributed by atoms with van der Waals surface area (Å²) in [5, 5.41) is 13.8. The van der Waals surface area contributed by atoms with Crippen molar-refractivity contribution in [1.82, 2.24) is 10.6 Å². The normalized spacial score (nSPS) is 12.5. The van der Waals surface area contributed by atoms with E-state index in [1.165, 1.54) is 0 Å². The highest BCUT2D eigenvalue weighted by Gasteiger charge is 2.07. The molecule has 0 heterocycles. The maximum absolute atomic E-state index is 11.4. The van der Waals surface area contributed by atoms with Crippen molar-refractivity contribution < 1.29 is 14.7 Å². The Hall–Kier alpha value is -1.10. The SMILES string of the molecule is CC(C)CCCC(C)NC(=O)CNCC(=O)O. The van der Waals surface area contributed by atoms with Crippen LogP contribution in [0.2, 0.25) is 0 Å². The highest BCUT2D eigenvalue weighted by Crippen LogP contribution is 2.07. The summed E-state index contributed by atoms with van der Waals surface area (Å²) in [6.45, 7) is 6.20. The lowest BCUT2D eigenvalue weighted by atomic mass is 10.0. The van der Waals surface area contributed by atoms with Gasteiger partial charge in [-0.15, -0.1) is 0 Å². The Bertz CT molecular complexity index is 242. The van der Waals surface area contributed by atoms with Crippen molar-refractivity contribution >= 4 is 11.9 Å². The molecular formula is C12H24N2O3. The van der Waals surface area contributed by atoms with E-state index in [0.29, 0.717) is 5.92 Å². The number of carbonyl (C=O) groups is 2. The summed E-state index contributed by atoms with van der Waals surface area (Å²) in [6, 6.07) is 0.146. The van der Waals surface area contributed by atoms with Gasteiger partial charge in [0.1, 0.15) is 0 Å². The predicted molar refractivity (Wildman–Crippen MR) is 66.8 cm³/mol. The Morgan fingerprint density at radius 1 is 1.12 bits per heavy atom. The fraction of sp³-hybridized carbons (Fsp3) is 0.833. The Morgan fingerprint density at radius 2 is 1.76 bits per heavy atom. The zero-order valence-corrected chi connectivity index (χ0v) is 11.0.